The van der Waals surface area contributed by atoms with Gasteiger partial charge in [0.2, 0.25) is 21.8 Å². The van der Waals surface area contributed by atoms with Crippen LogP contribution in [0.4, 0.5) is 5.69 Å². The zero-order valence-electron chi connectivity index (χ0n) is 16.0. The number of carbonyl (C=O) groups excluding carboxylic acids is 2. The Hall–Kier alpha value is -1.93. The summed E-state index contributed by atoms with van der Waals surface area (Å²) in [5.41, 5.74) is 0.501. The lowest BCUT2D eigenvalue weighted by Crippen LogP contribution is -2.47. The monoisotopic (exact) mass is 383 g/mol. The summed E-state index contributed by atoms with van der Waals surface area (Å²) < 4.78 is 27.2. The number of rotatable bonds is 9. The molecule has 26 heavy (non-hydrogen) atoms. The van der Waals surface area contributed by atoms with Gasteiger partial charge in [-0.25, -0.2) is 8.42 Å². The Bertz CT molecular complexity index is 714. The van der Waals surface area contributed by atoms with Crippen molar-refractivity contribution in [1.29, 1.82) is 0 Å². The van der Waals surface area contributed by atoms with Crippen LogP contribution in [0.5, 0.6) is 0 Å². The highest BCUT2D eigenvalue weighted by molar-refractivity contribution is 7.89. The van der Waals surface area contributed by atoms with Crippen molar-refractivity contribution >= 4 is 27.5 Å². The van der Waals surface area contributed by atoms with Gasteiger partial charge < -0.3 is 10.6 Å². The average molecular weight is 384 g/mol. The zero-order valence-corrected chi connectivity index (χ0v) is 16.8. The van der Waals surface area contributed by atoms with Gasteiger partial charge in [0.15, 0.2) is 0 Å². The highest BCUT2D eigenvalue weighted by Gasteiger charge is 2.23. The Morgan fingerprint density at radius 1 is 1.00 bits per heavy atom. The van der Waals surface area contributed by atoms with Crippen molar-refractivity contribution in [2.45, 2.75) is 64.4 Å². The number of benzene rings is 1. The molecule has 0 heterocycles. The van der Waals surface area contributed by atoms with Crippen molar-refractivity contribution < 1.29 is 18.0 Å². The molecule has 0 spiro atoms. The normalized spacial score (nSPS) is 13.9. The summed E-state index contributed by atoms with van der Waals surface area (Å²) in [7, 11) is -3.83. The van der Waals surface area contributed by atoms with E-state index in [9.17, 15) is 18.0 Å². The maximum absolute atomic E-state index is 12.4. The lowest BCUT2D eigenvalue weighted by atomic mass is 10.0. The lowest BCUT2D eigenvalue weighted by molar-refractivity contribution is -0.123. The largest absolute Gasteiger partial charge is 0.352 e. The molecule has 2 atom stereocenters. The van der Waals surface area contributed by atoms with E-state index in [0.29, 0.717) is 11.6 Å². The quantitative estimate of drug-likeness (QED) is 0.608. The highest BCUT2D eigenvalue weighted by atomic mass is 32.2. The van der Waals surface area contributed by atoms with Crippen molar-refractivity contribution in [2.24, 2.45) is 5.92 Å². The van der Waals surface area contributed by atoms with Crippen LogP contribution in [0.15, 0.2) is 29.2 Å². The minimum atomic E-state index is -3.83. The topological polar surface area (TPSA) is 104 Å². The molecule has 1 aromatic carbocycles. The molecule has 0 aliphatic heterocycles. The highest BCUT2D eigenvalue weighted by Crippen LogP contribution is 2.14. The van der Waals surface area contributed by atoms with Gasteiger partial charge in [-0.3, -0.25) is 9.59 Å². The maximum atomic E-state index is 12.4. The summed E-state index contributed by atoms with van der Waals surface area (Å²) in [4.78, 5) is 23.2. The molecule has 0 saturated heterocycles. The van der Waals surface area contributed by atoms with Crippen LogP contribution >= 0.6 is 0 Å². The van der Waals surface area contributed by atoms with Gasteiger partial charge in [-0.05, 0) is 56.9 Å². The van der Waals surface area contributed by atoms with Gasteiger partial charge in [0, 0.05) is 18.7 Å². The van der Waals surface area contributed by atoms with E-state index in [0.717, 1.165) is 12.8 Å². The fourth-order valence-corrected chi connectivity index (χ4v) is 3.50. The van der Waals surface area contributed by atoms with Crippen molar-refractivity contribution in [3.8, 4) is 0 Å². The lowest BCUT2D eigenvalue weighted by Gasteiger charge is -2.19. The molecule has 0 bridgehead atoms. The van der Waals surface area contributed by atoms with Gasteiger partial charge in [-0.2, -0.15) is 4.72 Å². The Morgan fingerprint density at radius 2 is 1.58 bits per heavy atom. The van der Waals surface area contributed by atoms with Crippen LogP contribution in [0, 0.1) is 5.92 Å². The van der Waals surface area contributed by atoms with Crippen LogP contribution < -0.4 is 15.4 Å². The van der Waals surface area contributed by atoms with E-state index in [1.165, 1.54) is 38.1 Å². The number of hydrogen-bond donors (Lipinski definition) is 3. The van der Waals surface area contributed by atoms with E-state index in [2.05, 4.69) is 29.2 Å². The number of anilines is 1. The third-order valence-corrected chi connectivity index (χ3v) is 5.33. The van der Waals surface area contributed by atoms with Crippen molar-refractivity contribution in [1.82, 2.24) is 10.0 Å². The minimum absolute atomic E-state index is 0.0196. The average Bonchev–Trinajstić information content (AvgIpc) is 2.52. The summed E-state index contributed by atoms with van der Waals surface area (Å²) in [6.07, 6.45) is 1.83. The van der Waals surface area contributed by atoms with Crippen molar-refractivity contribution in [3.63, 3.8) is 0 Å². The third kappa shape index (κ3) is 7.53. The first kappa shape index (κ1) is 22.1. The summed E-state index contributed by atoms with van der Waals surface area (Å²) in [6, 6.07) is 4.83. The molecule has 146 valence electrons. The van der Waals surface area contributed by atoms with E-state index in [4.69, 9.17) is 0 Å². The number of hydrogen-bond acceptors (Lipinski definition) is 4. The van der Waals surface area contributed by atoms with Crippen LogP contribution in [0.1, 0.15) is 47.5 Å². The molecule has 0 fully saturated rings. The SMILES string of the molecule is CC(=O)Nc1ccc(S(=O)(=O)N[C@H](C)C(=O)N[C@@H](C)CCC(C)C)cc1. The van der Waals surface area contributed by atoms with Crippen molar-refractivity contribution in [3.05, 3.63) is 24.3 Å². The predicted octanol–water partition coefficient (Wildman–Crippen LogP) is 2.25. The molecule has 3 N–H and O–H groups in total. The molecule has 0 aliphatic rings. The van der Waals surface area contributed by atoms with E-state index in [-0.39, 0.29) is 22.8 Å². The summed E-state index contributed by atoms with van der Waals surface area (Å²) in [5.74, 6) is -0.0546. The molecule has 2 amide bonds. The molecule has 7 nitrogen and oxygen atoms in total. The van der Waals surface area contributed by atoms with Crippen LogP contribution in [0.2, 0.25) is 0 Å². The molecule has 1 aromatic rings. The molecule has 0 saturated carbocycles. The number of amides is 2. The Kier molecular flexibility index (Phi) is 8.23. The minimum Gasteiger partial charge on any atom is -0.352 e. The Labute approximate surface area is 156 Å². The fourth-order valence-electron chi connectivity index (χ4n) is 2.30. The smallest absolute Gasteiger partial charge is 0.241 e. The second-order valence-electron chi connectivity index (χ2n) is 6.93. The molecular weight excluding hydrogens is 354 g/mol. The standard InChI is InChI=1S/C18H29N3O4S/c1-12(2)6-7-13(3)19-18(23)14(4)21-26(24,25)17-10-8-16(9-11-17)20-15(5)22/h8-14,21H,6-7H2,1-5H3,(H,19,23)(H,20,22)/t13-,14+/m0/s1. The van der Waals surface area contributed by atoms with Gasteiger partial charge in [-0.15, -0.1) is 0 Å². The molecule has 0 radical (unpaired) electrons. The van der Waals surface area contributed by atoms with Gasteiger partial charge in [-0.1, -0.05) is 13.8 Å². The van der Waals surface area contributed by atoms with Crippen LogP contribution in [0.25, 0.3) is 0 Å². The van der Waals surface area contributed by atoms with Gasteiger partial charge in [0.25, 0.3) is 0 Å². The summed E-state index contributed by atoms with van der Waals surface area (Å²) in [6.45, 7) is 9.01. The second kappa shape index (κ2) is 9.68. The third-order valence-electron chi connectivity index (χ3n) is 3.78. The second-order valence-corrected chi connectivity index (χ2v) is 8.64. The first-order valence-corrected chi connectivity index (χ1v) is 10.2. The Morgan fingerprint density at radius 3 is 2.08 bits per heavy atom. The van der Waals surface area contributed by atoms with Gasteiger partial charge >= 0.3 is 0 Å². The van der Waals surface area contributed by atoms with E-state index in [1.807, 2.05) is 6.92 Å². The fraction of sp³-hybridized carbons (Fsp3) is 0.556. The summed E-state index contributed by atoms with van der Waals surface area (Å²) in [5, 5.41) is 5.39. The number of nitrogens with one attached hydrogen (secondary N) is 3. The molecule has 8 heteroatoms. The Balaban J connectivity index is 2.67. The van der Waals surface area contributed by atoms with Crippen molar-refractivity contribution in [2.75, 3.05) is 5.32 Å². The zero-order chi connectivity index (χ0) is 19.9. The van der Waals surface area contributed by atoms with Gasteiger partial charge in [0.1, 0.15) is 0 Å². The van der Waals surface area contributed by atoms with E-state index < -0.39 is 16.1 Å². The van der Waals surface area contributed by atoms with Crippen LogP contribution in [-0.2, 0) is 19.6 Å². The van der Waals surface area contributed by atoms with Crippen LogP contribution in [0.3, 0.4) is 0 Å². The number of carbonyl (C=O) groups is 2. The first-order chi connectivity index (χ1) is 12.0. The van der Waals surface area contributed by atoms with E-state index in [1.54, 1.807) is 0 Å². The maximum Gasteiger partial charge on any atom is 0.241 e. The number of sulfonamides is 1. The summed E-state index contributed by atoms with van der Waals surface area (Å²) >= 11 is 0. The van der Waals surface area contributed by atoms with E-state index >= 15 is 0 Å². The predicted molar refractivity (Wildman–Crippen MR) is 102 cm³/mol. The molecule has 0 unspecified atom stereocenters. The van der Waals surface area contributed by atoms with Crippen LogP contribution in [-0.4, -0.2) is 32.3 Å². The molecule has 0 aliphatic carbocycles. The molecular formula is C18H29N3O4S. The van der Waals surface area contributed by atoms with Gasteiger partial charge in [0.05, 0.1) is 10.9 Å². The first-order valence-electron chi connectivity index (χ1n) is 8.71. The molecule has 1 rings (SSSR count). The molecule has 0 aromatic heterocycles.